The molecule has 0 radical (unpaired) electrons. The Labute approximate surface area is 101 Å². The highest BCUT2D eigenvalue weighted by Crippen LogP contribution is 2.53. The van der Waals surface area contributed by atoms with Gasteiger partial charge in [0.1, 0.15) is 0 Å². The van der Waals surface area contributed by atoms with Crippen molar-refractivity contribution in [3.63, 3.8) is 0 Å². The van der Waals surface area contributed by atoms with E-state index in [9.17, 15) is 0 Å². The Morgan fingerprint density at radius 2 is 1.93 bits per heavy atom. The predicted octanol–water partition coefficient (Wildman–Crippen LogP) is 3.94. The minimum Gasteiger partial charge on any atom is -0.370 e. The zero-order valence-electron chi connectivity index (χ0n) is 9.31. The molecule has 1 aliphatic heterocycles. The van der Waals surface area contributed by atoms with Crippen LogP contribution in [-0.4, -0.2) is 16.1 Å². The molecule has 1 aliphatic carbocycles. The predicted molar refractivity (Wildman–Crippen MR) is 68.0 cm³/mol. The molecule has 1 spiro atoms. The number of alkyl halides is 1. The van der Waals surface area contributed by atoms with Gasteiger partial charge in [-0.1, -0.05) is 36.4 Å². The Bertz CT molecular complexity index is 214. The van der Waals surface area contributed by atoms with Crippen LogP contribution >= 0.6 is 22.6 Å². The molecular formula is C12H21IO. The zero-order valence-corrected chi connectivity index (χ0v) is 11.5. The molecule has 1 saturated heterocycles. The standard InChI is InChI=1S/C12H21IO/c1-11(2)6-4-8-12(11)7-3-5-10(9-13)14-12/h10H,3-9H2,1-2H3. The van der Waals surface area contributed by atoms with Crippen LogP contribution in [0.15, 0.2) is 0 Å². The van der Waals surface area contributed by atoms with Gasteiger partial charge in [0, 0.05) is 4.43 Å². The quantitative estimate of drug-likeness (QED) is 0.527. The molecule has 2 fully saturated rings. The molecule has 0 aromatic rings. The average molecular weight is 308 g/mol. The average Bonchev–Trinajstić information content (AvgIpc) is 2.43. The van der Waals surface area contributed by atoms with Crippen molar-refractivity contribution in [1.29, 1.82) is 0 Å². The number of hydrogen-bond donors (Lipinski definition) is 0. The monoisotopic (exact) mass is 308 g/mol. The summed E-state index contributed by atoms with van der Waals surface area (Å²) >= 11 is 2.46. The number of rotatable bonds is 1. The van der Waals surface area contributed by atoms with E-state index in [0.717, 1.165) is 4.43 Å². The highest BCUT2D eigenvalue weighted by molar-refractivity contribution is 14.1. The third kappa shape index (κ3) is 1.73. The fourth-order valence-electron chi connectivity index (χ4n) is 3.22. The molecule has 2 atom stereocenters. The largest absolute Gasteiger partial charge is 0.370 e. The Morgan fingerprint density at radius 3 is 2.50 bits per heavy atom. The molecule has 0 aromatic heterocycles. The summed E-state index contributed by atoms with van der Waals surface area (Å²) in [5, 5.41) is 0. The van der Waals surface area contributed by atoms with E-state index in [1.807, 2.05) is 0 Å². The van der Waals surface area contributed by atoms with E-state index in [1.165, 1.54) is 38.5 Å². The van der Waals surface area contributed by atoms with E-state index in [1.54, 1.807) is 0 Å². The van der Waals surface area contributed by atoms with Crippen molar-refractivity contribution in [3.8, 4) is 0 Å². The van der Waals surface area contributed by atoms with Crippen LogP contribution in [0.4, 0.5) is 0 Å². The van der Waals surface area contributed by atoms with Crippen molar-refractivity contribution < 1.29 is 4.74 Å². The third-order valence-corrected chi connectivity index (χ3v) is 5.27. The fourth-order valence-corrected chi connectivity index (χ4v) is 3.84. The summed E-state index contributed by atoms with van der Waals surface area (Å²) in [5.74, 6) is 0. The van der Waals surface area contributed by atoms with Gasteiger partial charge in [0.05, 0.1) is 11.7 Å². The lowest BCUT2D eigenvalue weighted by atomic mass is 9.73. The van der Waals surface area contributed by atoms with Gasteiger partial charge in [-0.25, -0.2) is 0 Å². The first-order valence-corrected chi connectivity index (χ1v) is 7.36. The second-order valence-electron chi connectivity index (χ2n) is 5.52. The normalized spacial score (nSPS) is 41.8. The van der Waals surface area contributed by atoms with Gasteiger partial charge >= 0.3 is 0 Å². The maximum atomic E-state index is 6.39. The molecule has 0 bridgehead atoms. The summed E-state index contributed by atoms with van der Waals surface area (Å²) in [6.07, 6.45) is 8.49. The minimum atomic E-state index is 0.237. The van der Waals surface area contributed by atoms with Crippen molar-refractivity contribution in [2.45, 2.75) is 64.1 Å². The zero-order chi connectivity index (χ0) is 10.2. The van der Waals surface area contributed by atoms with E-state index in [2.05, 4.69) is 36.4 Å². The molecule has 1 saturated carbocycles. The highest BCUT2D eigenvalue weighted by atomic mass is 127. The van der Waals surface area contributed by atoms with Crippen molar-refractivity contribution in [2.75, 3.05) is 4.43 Å². The topological polar surface area (TPSA) is 9.23 Å². The first-order chi connectivity index (χ1) is 6.60. The number of ether oxygens (including phenoxy) is 1. The summed E-state index contributed by atoms with van der Waals surface area (Å²) in [6.45, 7) is 4.80. The smallest absolute Gasteiger partial charge is 0.0737 e. The van der Waals surface area contributed by atoms with Crippen LogP contribution in [0.1, 0.15) is 52.4 Å². The molecule has 14 heavy (non-hydrogen) atoms. The van der Waals surface area contributed by atoms with Crippen LogP contribution in [0.3, 0.4) is 0 Å². The molecule has 0 amide bonds. The van der Waals surface area contributed by atoms with Gasteiger partial charge in [0.2, 0.25) is 0 Å². The first kappa shape index (κ1) is 11.2. The lowest BCUT2D eigenvalue weighted by Crippen LogP contribution is -2.48. The number of halogens is 1. The van der Waals surface area contributed by atoms with Crippen molar-refractivity contribution in [2.24, 2.45) is 5.41 Å². The Morgan fingerprint density at radius 1 is 1.21 bits per heavy atom. The van der Waals surface area contributed by atoms with Gasteiger partial charge in [-0.2, -0.15) is 0 Å². The van der Waals surface area contributed by atoms with Crippen LogP contribution in [0.25, 0.3) is 0 Å². The van der Waals surface area contributed by atoms with Crippen molar-refractivity contribution in [3.05, 3.63) is 0 Å². The lowest BCUT2D eigenvalue weighted by molar-refractivity contribution is -0.164. The minimum absolute atomic E-state index is 0.237. The lowest BCUT2D eigenvalue weighted by Gasteiger charge is -2.47. The van der Waals surface area contributed by atoms with Gasteiger partial charge < -0.3 is 4.74 Å². The molecule has 2 rings (SSSR count). The van der Waals surface area contributed by atoms with Crippen LogP contribution in [0.5, 0.6) is 0 Å². The molecule has 0 aromatic carbocycles. The number of hydrogen-bond acceptors (Lipinski definition) is 1. The van der Waals surface area contributed by atoms with Crippen molar-refractivity contribution in [1.82, 2.24) is 0 Å². The Kier molecular flexibility index (Phi) is 3.14. The summed E-state index contributed by atoms with van der Waals surface area (Å²) < 4.78 is 7.55. The second kappa shape index (κ2) is 3.93. The molecule has 2 heteroatoms. The first-order valence-electron chi connectivity index (χ1n) is 5.83. The molecular weight excluding hydrogens is 287 g/mol. The molecule has 1 nitrogen and oxygen atoms in total. The third-order valence-electron chi connectivity index (χ3n) is 4.29. The Balaban J connectivity index is 2.14. The van der Waals surface area contributed by atoms with Crippen LogP contribution < -0.4 is 0 Å². The second-order valence-corrected chi connectivity index (χ2v) is 6.40. The van der Waals surface area contributed by atoms with E-state index in [0.29, 0.717) is 11.5 Å². The maximum absolute atomic E-state index is 6.39. The Hall–Kier alpha value is 0.690. The van der Waals surface area contributed by atoms with Crippen LogP contribution in [0, 0.1) is 5.41 Å². The summed E-state index contributed by atoms with van der Waals surface area (Å²) in [4.78, 5) is 0. The maximum Gasteiger partial charge on any atom is 0.0737 e. The molecule has 2 unspecified atom stereocenters. The van der Waals surface area contributed by atoms with Crippen LogP contribution in [-0.2, 0) is 4.74 Å². The van der Waals surface area contributed by atoms with Gasteiger partial charge in [0.25, 0.3) is 0 Å². The van der Waals surface area contributed by atoms with Gasteiger partial charge in [-0.3, -0.25) is 0 Å². The van der Waals surface area contributed by atoms with Crippen LogP contribution in [0.2, 0.25) is 0 Å². The van der Waals surface area contributed by atoms with Crippen molar-refractivity contribution >= 4 is 22.6 Å². The summed E-state index contributed by atoms with van der Waals surface area (Å²) in [6, 6.07) is 0. The van der Waals surface area contributed by atoms with Gasteiger partial charge in [-0.05, 0) is 43.9 Å². The molecule has 82 valence electrons. The summed E-state index contributed by atoms with van der Waals surface area (Å²) in [5.41, 5.74) is 0.651. The molecule has 1 heterocycles. The molecule has 2 aliphatic rings. The SMILES string of the molecule is CC1(C)CCCC12CCCC(CI)O2. The van der Waals surface area contributed by atoms with E-state index < -0.39 is 0 Å². The van der Waals surface area contributed by atoms with E-state index in [-0.39, 0.29) is 5.60 Å². The molecule has 0 N–H and O–H groups in total. The van der Waals surface area contributed by atoms with E-state index in [4.69, 9.17) is 4.74 Å². The van der Waals surface area contributed by atoms with E-state index >= 15 is 0 Å². The van der Waals surface area contributed by atoms with Gasteiger partial charge in [-0.15, -0.1) is 0 Å². The fraction of sp³-hybridized carbons (Fsp3) is 1.00. The summed E-state index contributed by atoms with van der Waals surface area (Å²) in [7, 11) is 0. The highest BCUT2D eigenvalue weighted by Gasteiger charge is 2.51. The van der Waals surface area contributed by atoms with Gasteiger partial charge in [0.15, 0.2) is 0 Å².